The molecular weight excluding hydrogens is 476 g/mol. The zero-order valence-electron chi connectivity index (χ0n) is 20.3. The van der Waals surface area contributed by atoms with Gasteiger partial charge >= 0.3 is 5.97 Å². The second-order valence-electron chi connectivity index (χ2n) is 7.78. The van der Waals surface area contributed by atoms with Crippen molar-refractivity contribution < 1.29 is 23.8 Å². The van der Waals surface area contributed by atoms with Crippen LogP contribution in [0.3, 0.4) is 0 Å². The summed E-state index contributed by atoms with van der Waals surface area (Å²) in [7, 11) is 2.92. The second-order valence-corrected chi connectivity index (χ2v) is 8.79. The highest BCUT2D eigenvalue weighted by Gasteiger charge is 2.32. The van der Waals surface area contributed by atoms with Crippen LogP contribution in [0.5, 0.6) is 11.5 Å². The Bertz CT molecular complexity index is 1320. The average Bonchev–Trinajstić information content (AvgIpc) is 3.21. The first-order valence-corrected chi connectivity index (χ1v) is 12.2. The molecule has 0 unspecified atom stereocenters. The summed E-state index contributed by atoms with van der Waals surface area (Å²) >= 11 is 1.29. The number of nitrogens with zero attached hydrogens (tertiary/aromatic N) is 2. The molecule has 36 heavy (non-hydrogen) atoms. The largest absolute Gasteiger partial charge is 0.493 e. The molecule has 1 saturated heterocycles. The maximum absolute atomic E-state index is 13.1. The third-order valence-electron chi connectivity index (χ3n) is 5.42. The molecule has 7 nitrogen and oxygen atoms in total. The van der Waals surface area contributed by atoms with Crippen molar-refractivity contribution in [3.05, 3.63) is 94.4 Å². The molecule has 1 fully saturated rings. The normalized spacial score (nSPS) is 15.4. The summed E-state index contributed by atoms with van der Waals surface area (Å²) in [5, 5.41) is 0.547. The molecule has 1 heterocycles. The fraction of sp³-hybridized carbons (Fsp3) is 0.179. The Balaban J connectivity index is 1.55. The van der Waals surface area contributed by atoms with Gasteiger partial charge in [-0.2, -0.15) is 0 Å². The number of hydrogen-bond donors (Lipinski definition) is 0. The third-order valence-corrected chi connectivity index (χ3v) is 6.43. The first kappa shape index (κ1) is 25.1. The van der Waals surface area contributed by atoms with Crippen LogP contribution < -0.4 is 9.47 Å². The van der Waals surface area contributed by atoms with Crippen LogP contribution in [0, 0.1) is 0 Å². The maximum atomic E-state index is 13.1. The number of carbonyl (C=O) groups is 2. The maximum Gasteiger partial charge on any atom is 0.337 e. The molecule has 0 saturated carbocycles. The second kappa shape index (κ2) is 11.6. The standard InChI is InChI=1S/C28H26N2O5S/c1-4-30-26(31)25(36-28(30)29-22-12-8-11-21(17-22)27(32)34-3)16-20-13-14-23(24(15-20)33-2)35-18-19-9-6-5-7-10-19/h5-17H,4,18H2,1-3H3. The van der Waals surface area contributed by atoms with Crippen molar-refractivity contribution in [3.63, 3.8) is 0 Å². The summed E-state index contributed by atoms with van der Waals surface area (Å²) < 4.78 is 16.2. The molecule has 0 N–H and O–H groups in total. The highest BCUT2D eigenvalue weighted by Crippen LogP contribution is 2.36. The number of hydrogen-bond acceptors (Lipinski definition) is 7. The minimum Gasteiger partial charge on any atom is -0.493 e. The van der Waals surface area contributed by atoms with Crippen molar-refractivity contribution in [2.24, 2.45) is 4.99 Å². The summed E-state index contributed by atoms with van der Waals surface area (Å²) in [5.41, 5.74) is 2.82. The Morgan fingerprint density at radius 1 is 1.00 bits per heavy atom. The number of amides is 1. The van der Waals surface area contributed by atoms with Gasteiger partial charge in [0.2, 0.25) is 0 Å². The van der Waals surface area contributed by atoms with E-state index in [1.54, 1.807) is 36.3 Å². The van der Waals surface area contributed by atoms with Crippen LogP contribution in [0.15, 0.2) is 82.7 Å². The topological polar surface area (TPSA) is 77.4 Å². The number of benzene rings is 3. The van der Waals surface area contributed by atoms with E-state index in [9.17, 15) is 9.59 Å². The van der Waals surface area contributed by atoms with Gasteiger partial charge in [-0.1, -0.05) is 42.5 Å². The van der Waals surface area contributed by atoms with Gasteiger partial charge in [0.25, 0.3) is 5.91 Å². The van der Waals surface area contributed by atoms with Crippen molar-refractivity contribution in [1.29, 1.82) is 0 Å². The summed E-state index contributed by atoms with van der Waals surface area (Å²) in [6.45, 7) is 2.78. The van der Waals surface area contributed by atoms with Gasteiger partial charge in [-0.25, -0.2) is 9.79 Å². The van der Waals surface area contributed by atoms with Crippen molar-refractivity contribution in [2.45, 2.75) is 13.5 Å². The van der Waals surface area contributed by atoms with E-state index in [1.165, 1.54) is 18.9 Å². The average molecular weight is 503 g/mol. The first-order chi connectivity index (χ1) is 17.5. The monoisotopic (exact) mass is 502 g/mol. The number of thioether (sulfide) groups is 1. The number of ether oxygens (including phenoxy) is 3. The quantitative estimate of drug-likeness (QED) is 0.291. The van der Waals surface area contributed by atoms with E-state index in [2.05, 4.69) is 4.99 Å². The molecule has 0 atom stereocenters. The van der Waals surface area contributed by atoms with Crippen LogP contribution in [0.25, 0.3) is 6.08 Å². The van der Waals surface area contributed by atoms with Crippen LogP contribution >= 0.6 is 11.8 Å². The number of esters is 1. The Hall–Kier alpha value is -4.04. The minimum absolute atomic E-state index is 0.131. The summed E-state index contributed by atoms with van der Waals surface area (Å²) in [6, 6.07) is 22.3. The third kappa shape index (κ3) is 5.78. The molecule has 3 aromatic carbocycles. The van der Waals surface area contributed by atoms with Crippen molar-refractivity contribution in [1.82, 2.24) is 4.90 Å². The number of aliphatic imine (C=N–C) groups is 1. The molecule has 1 aliphatic heterocycles. The smallest absolute Gasteiger partial charge is 0.337 e. The highest BCUT2D eigenvalue weighted by atomic mass is 32.2. The number of amidine groups is 1. The van der Waals surface area contributed by atoms with Crippen molar-refractivity contribution in [2.75, 3.05) is 20.8 Å². The lowest BCUT2D eigenvalue weighted by molar-refractivity contribution is -0.122. The van der Waals surface area contributed by atoms with Crippen LogP contribution in [0.1, 0.15) is 28.4 Å². The zero-order valence-corrected chi connectivity index (χ0v) is 21.1. The van der Waals surface area contributed by atoms with Gasteiger partial charge in [0.05, 0.1) is 30.4 Å². The van der Waals surface area contributed by atoms with E-state index in [-0.39, 0.29) is 5.91 Å². The molecule has 0 bridgehead atoms. The highest BCUT2D eigenvalue weighted by molar-refractivity contribution is 8.18. The molecule has 0 spiro atoms. The Kier molecular flexibility index (Phi) is 8.07. The van der Waals surface area contributed by atoms with Gasteiger partial charge in [-0.15, -0.1) is 0 Å². The Labute approximate surface area is 214 Å². The first-order valence-electron chi connectivity index (χ1n) is 11.4. The van der Waals surface area contributed by atoms with Gasteiger partial charge in [-0.3, -0.25) is 9.69 Å². The van der Waals surface area contributed by atoms with Gasteiger partial charge in [0, 0.05) is 6.54 Å². The van der Waals surface area contributed by atoms with Gasteiger partial charge in [0.1, 0.15) is 6.61 Å². The Morgan fingerprint density at radius 3 is 2.53 bits per heavy atom. The number of carbonyl (C=O) groups excluding carboxylic acids is 2. The molecule has 3 aromatic rings. The van der Waals surface area contributed by atoms with Gasteiger partial charge in [0.15, 0.2) is 16.7 Å². The summed E-state index contributed by atoms with van der Waals surface area (Å²) in [5.74, 6) is 0.632. The van der Waals surface area contributed by atoms with Crippen LogP contribution in [0.2, 0.25) is 0 Å². The van der Waals surface area contributed by atoms with E-state index in [0.717, 1.165) is 11.1 Å². The fourth-order valence-electron chi connectivity index (χ4n) is 3.58. The van der Waals surface area contributed by atoms with E-state index in [1.807, 2.05) is 61.5 Å². The molecule has 4 rings (SSSR count). The van der Waals surface area contributed by atoms with Gasteiger partial charge < -0.3 is 14.2 Å². The van der Waals surface area contributed by atoms with Crippen LogP contribution in [0.4, 0.5) is 5.69 Å². The molecule has 1 amide bonds. The van der Waals surface area contributed by atoms with Crippen LogP contribution in [-0.2, 0) is 16.1 Å². The predicted octanol–water partition coefficient (Wildman–Crippen LogP) is 5.68. The molecule has 0 aromatic heterocycles. The fourth-order valence-corrected chi connectivity index (χ4v) is 4.64. The lowest BCUT2D eigenvalue weighted by Crippen LogP contribution is -2.28. The molecule has 0 aliphatic carbocycles. The van der Waals surface area contributed by atoms with Crippen LogP contribution in [-0.4, -0.2) is 42.7 Å². The van der Waals surface area contributed by atoms with Gasteiger partial charge in [-0.05, 0) is 66.2 Å². The molecule has 184 valence electrons. The predicted molar refractivity (Wildman–Crippen MR) is 142 cm³/mol. The summed E-state index contributed by atoms with van der Waals surface area (Å²) in [4.78, 5) is 31.7. The zero-order chi connectivity index (χ0) is 25.5. The Morgan fingerprint density at radius 2 is 1.81 bits per heavy atom. The summed E-state index contributed by atoms with van der Waals surface area (Å²) in [6.07, 6.45) is 1.81. The van der Waals surface area contributed by atoms with E-state index >= 15 is 0 Å². The SMILES string of the molecule is CCN1C(=O)C(=Cc2ccc(OCc3ccccc3)c(OC)c2)SC1=Nc1cccc(C(=O)OC)c1. The molecule has 0 radical (unpaired) electrons. The molecule has 1 aliphatic rings. The molecular formula is C28H26N2O5S. The minimum atomic E-state index is -0.440. The number of methoxy groups -OCH3 is 2. The van der Waals surface area contributed by atoms with Crippen molar-refractivity contribution in [3.8, 4) is 11.5 Å². The number of rotatable bonds is 8. The lowest BCUT2D eigenvalue weighted by Gasteiger charge is -2.12. The lowest BCUT2D eigenvalue weighted by atomic mass is 10.1. The van der Waals surface area contributed by atoms with Crippen molar-refractivity contribution >= 4 is 40.6 Å². The van der Waals surface area contributed by atoms with E-state index in [0.29, 0.717) is 46.0 Å². The van der Waals surface area contributed by atoms with E-state index < -0.39 is 5.97 Å². The van der Waals surface area contributed by atoms with E-state index in [4.69, 9.17) is 14.2 Å². The number of likely N-dealkylation sites (N-methyl/N-ethyl adjacent to an activating group) is 1. The molecule has 8 heteroatoms.